The molecule has 0 spiro atoms. The summed E-state index contributed by atoms with van der Waals surface area (Å²) in [7, 11) is 2.35. The number of rotatable bonds is 16. The van der Waals surface area contributed by atoms with Crippen LogP contribution in [0.3, 0.4) is 0 Å². The Balaban J connectivity index is 1.49. The number of hydrogen-bond donors (Lipinski definition) is 0. The zero-order chi connectivity index (χ0) is 22.9. The van der Waals surface area contributed by atoms with Gasteiger partial charge in [0.25, 0.3) is 0 Å². The van der Waals surface area contributed by atoms with Crippen LogP contribution in [0.15, 0.2) is 30.3 Å². The van der Waals surface area contributed by atoms with Gasteiger partial charge >= 0.3 is 0 Å². The molecule has 1 atom stereocenters. The maximum atomic E-state index is 12.7. The lowest BCUT2D eigenvalue weighted by Crippen LogP contribution is -2.46. The number of nitrogens with zero attached hydrogens (tertiary/aromatic N) is 2. The molecule has 3 heteroatoms. The van der Waals surface area contributed by atoms with Crippen LogP contribution in [0.4, 0.5) is 0 Å². The molecule has 1 aromatic carbocycles. The second kappa shape index (κ2) is 16.3. The van der Waals surface area contributed by atoms with Gasteiger partial charge < -0.3 is 9.38 Å². The van der Waals surface area contributed by atoms with E-state index in [-0.39, 0.29) is 0 Å². The highest BCUT2D eigenvalue weighted by Gasteiger charge is 2.28. The van der Waals surface area contributed by atoms with Gasteiger partial charge in [0.15, 0.2) is 0 Å². The molecule has 1 fully saturated rings. The molecule has 1 amide bonds. The minimum Gasteiger partial charge on any atom is -0.337 e. The topological polar surface area (TPSA) is 20.3 Å². The van der Waals surface area contributed by atoms with E-state index in [0.717, 1.165) is 56.5 Å². The maximum absolute atomic E-state index is 12.7. The van der Waals surface area contributed by atoms with Crippen molar-refractivity contribution in [2.75, 3.05) is 33.2 Å². The molecule has 0 aromatic heterocycles. The van der Waals surface area contributed by atoms with Gasteiger partial charge in [0.1, 0.15) is 6.54 Å². The first-order valence-electron chi connectivity index (χ1n) is 13.8. The summed E-state index contributed by atoms with van der Waals surface area (Å²) in [4.78, 5) is 14.9. The van der Waals surface area contributed by atoms with Crippen molar-refractivity contribution < 1.29 is 9.28 Å². The molecule has 32 heavy (non-hydrogen) atoms. The molecular weight excluding hydrogens is 392 g/mol. The molecule has 0 radical (unpaired) electrons. The monoisotopic (exact) mass is 443 g/mol. The van der Waals surface area contributed by atoms with Crippen molar-refractivity contribution in [3.63, 3.8) is 0 Å². The summed E-state index contributed by atoms with van der Waals surface area (Å²) in [5, 5.41) is 0. The van der Waals surface area contributed by atoms with Crippen molar-refractivity contribution in [2.45, 2.75) is 110 Å². The summed E-state index contributed by atoms with van der Waals surface area (Å²) in [6, 6.07) is 10.8. The van der Waals surface area contributed by atoms with Gasteiger partial charge in [0, 0.05) is 24.9 Å². The molecule has 0 bridgehead atoms. The number of carbonyl (C=O) groups is 1. The number of unbranched alkanes of at least 4 members (excludes halogenated alkanes) is 12. The predicted molar refractivity (Wildman–Crippen MR) is 138 cm³/mol. The summed E-state index contributed by atoms with van der Waals surface area (Å²) in [5.41, 5.74) is 1.40. The van der Waals surface area contributed by atoms with E-state index in [0.29, 0.717) is 5.91 Å². The largest absolute Gasteiger partial charge is 0.337 e. The third-order valence-corrected chi connectivity index (χ3v) is 7.29. The van der Waals surface area contributed by atoms with E-state index in [1.165, 1.54) is 82.6 Å². The summed E-state index contributed by atoms with van der Waals surface area (Å²) in [6.45, 7) is 7.45. The molecule has 0 N–H and O–H groups in total. The Morgan fingerprint density at radius 3 is 1.94 bits per heavy atom. The molecule has 0 aliphatic carbocycles. The highest BCUT2D eigenvalue weighted by Crippen LogP contribution is 2.18. The van der Waals surface area contributed by atoms with Gasteiger partial charge in [0.2, 0.25) is 5.91 Å². The van der Waals surface area contributed by atoms with Crippen molar-refractivity contribution in [1.82, 2.24) is 4.90 Å². The van der Waals surface area contributed by atoms with Gasteiger partial charge in [-0.1, -0.05) is 114 Å². The Morgan fingerprint density at radius 1 is 0.781 bits per heavy atom. The van der Waals surface area contributed by atoms with E-state index in [1.807, 2.05) is 0 Å². The van der Waals surface area contributed by atoms with E-state index < -0.39 is 0 Å². The smallest absolute Gasteiger partial charge is 0.222 e. The van der Waals surface area contributed by atoms with Crippen LogP contribution < -0.4 is 0 Å². The first-order chi connectivity index (χ1) is 15.6. The molecule has 1 saturated heterocycles. The van der Waals surface area contributed by atoms with Gasteiger partial charge in [-0.25, -0.2) is 0 Å². The van der Waals surface area contributed by atoms with Crippen LogP contribution in [0, 0.1) is 0 Å². The van der Waals surface area contributed by atoms with Crippen LogP contribution in [0.5, 0.6) is 0 Å². The molecule has 1 heterocycles. The fourth-order valence-corrected chi connectivity index (χ4v) is 5.11. The first kappa shape index (κ1) is 26.9. The van der Waals surface area contributed by atoms with E-state index in [1.54, 1.807) is 0 Å². The Labute approximate surface area is 199 Å². The fraction of sp³-hybridized carbons (Fsp3) is 0.759. The van der Waals surface area contributed by atoms with Crippen molar-refractivity contribution in [3.8, 4) is 0 Å². The number of hydrogen-bond acceptors (Lipinski definition) is 1. The number of quaternary nitrogens is 1. The summed E-state index contributed by atoms with van der Waals surface area (Å²) in [5.74, 6) is 0.390. The van der Waals surface area contributed by atoms with Gasteiger partial charge in [-0.3, -0.25) is 4.79 Å². The lowest BCUT2D eigenvalue weighted by molar-refractivity contribution is -0.920. The second-order valence-corrected chi connectivity index (χ2v) is 10.4. The predicted octanol–water partition coefficient (Wildman–Crippen LogP) is 7.35. The summed E-state index contributed by atoms with van der Waals surface area (Å²) < 4.78 is 1.05. The normalized spacial score (nSPS) is 19.1. The Morgan fingerprint density at radius 2 is 1.34 bits per heavy atom. The third-order valence-electron chi connectivity index (χ3n) is 7.29. The molecular formula is C29H51N2O+. The highest BCUT2D eigenvalue weighted by atomic mass is 16.2. The lowest BCUT2D eigenvalue weighted by Gasteiger charge is -2.33. The quantitative estimate of drug-likeness (QED) is 0.193. The molecule has 2 rings (SSSR count). The molecule has 0 saturated carbocycles. The van der Waals surface area contributed by atoms with Crippen LogP contribution >= 0.6 is 0 Å². The molecule has 1 aromatic rings. The zero-order valence-electron chi connectivity index (χ0n) is 21.3. The Kier molecular flexibility index (Phi) is 13.7. The average Bonchev–Trinajstić information content (AvgIpc) is 2.99. The molecule has 1 aliphatic rings. The Hall–Kier alpha value is -1.35. The maximum Gasteiger partial charge on any atom is 0.222 e. The highest BCUT2D eigenvalue weighted by molar-refractivity contribution is 5.76. The van der Waals surface area contributed by atoms with Crippen molar-refractivity contribution in [1.29, 1.82) is 0 Å². The molecule has 1 aliphatic heterocycles. The average molecular weight is 444 g/mol. The molecule has 1 unspecified atom stereocenters. The number of carbonyl (C=O) groups excluding carboxylic acids is 1. The van der Waals surface area contributed by atoms with Crippen LogP contribution in [0.1, 0.15) is 109 Å². The van der Waals surface area contributed by atoms with Gasteiger partial charge in [-0.2, -0.15) is 0 Å². The van der Waals surface area contributed by atoms with E-state index in [2.05, 4.69) is 49.2 Å². The van der Waals surface area contributed by atoms with E-state index in [9.17, 15) is 4.79 Å². The van der Waals surface area contributed by atoms with Crippen molar-refractivity contribution >= 4 is 5.91 Å². The SMILES string of the molecule is CCCCCCCCCCCCCCCC(=O)N1CCC[N+](C)(Cc2ccccc2)CC1. The number of likely N-dealkylation sites (N-methyl/N-ethyl adjacent to an activating group) is 1. The minimum absolute atomic E-state index is 0.390. The summed E-state index contributed by atoms with van der Waals surface area (Å²) in [6.07, 6.45) is 19.5. The standard InChI is InChI=1S/C29H51N2O/c1-3-4-5-6-7-8-9-10-11-12-13-14-18-22-29(32)30-23-19-25-31(2,26-24-30)27-28-20-16-15-17-21-28/h15-17,20-21H,3-14,18-19,22-27H2,1-2H3/q+1. The van der Waals surface area contributed by atoms with Gasteiger partial charge in [0.05, 0.1) is 26.7 Å². The van der Waals surface area contributed by atoms with Gasteiger partial charge in [-0.05, 0) is 6.42 Å². The second-order valence-electron chi connectivity index (χ2n) is 10.4. The molecule has 182 valence electrons. The van der Waals surface area contributed by atoms with Crippen molar-refractivity contribution in [3.05, 3.63) is 35.9 Å². The zero-order valence-corrected chi connectivity index (χ0v) is 21.3. The summed E-state index contributed by atoms with van der Waals surface area (Å²) >= 11 is 0. The van der Waals surface area contributed by atoms with Gasteiger partial charge in [-0.15, -0.1) is 0 Å². The van der Waals surface area contributed by atoms with Crippen LogP contribution in [-0.4, -0.2) is 48.5 Å². The number of benzene rings is 1. The lowest BCUT2D eigenvalue weighted by atomic mass is 10.0. The van der Waals surface area contributed by atoms with E-state index in [4.69, 9.17) is 0 Å². The van der Waals surface area contributed by atoms with Crippen LogP contribution in [-0.2, 0) is 11.3 Å². The van der Waals surface area contributed by atoms with Crippen LogP contribution in [0.2, 0.25) is 0 Å². The number of amides is 1. The van der Waals surface area contributed by atoms with Crippen molar-refractivity contribution in [2.24, 2.45) is 0 Å². The fourth-order valence-electron chi connectivity index (χ4n) is 5.11. The third kappa shape index (κ3) is 11.5. The molecule has 3 nitrogen and oxygen atoms in total. The minimum atomic E-state index is 0.390. The van der Waals surface area contributed by atoms with E-state index >= 15 is 0 Å². The first-order valence-corrected chi connectivity index (χ1v) is 13.8. The van der Waals surface area contributed by atoms with Crippen LogP contribution in [0.25, 0.3) is 0 Å². The Bertz CT molecular complexity index is 602.